The van der Waals surface area contributed by atoms with Gasteiger partial charge in [-0.2, -0.15) is 0 Å². The van der Waals surface area contributed by atoms with Crippen molar-refractivity contribution in [2.45, 2.75) is 12.8 Å². The SMILES string of the molecule is [2H]C([2H])([2H])NC(=O)c1nnc(NC(=O)C2CC2)cc1Nc1cccc(-c2ncc(-c3ccc(=O)[nH]c3)cn2)c1OC. The molecule has 0 saturated heterocycles. The highest BCUT2D eigenvalue weighted by Crippen LogP contribution is 2.37. The standard InChI is InChI=1S/C26H24N8O4/c1-27-26(37)22-19(10-20(33-34-22)32-25(36)14-6-7-14)31-18-5-3-4-17(23(18)38-2)24-29-12-16(13-30-24)15-8-9-21(35)28-11-15/h3-5,8-14H,6-7H2,1-2H3,(H,27,37)(H,28,35)(H2,31,32,33,36)/i1D3. The molecule has 1 aliphatic rings. The Morgan fingerprint density at radius 3 is 2.58 bits per heavy atom. The Kier molecular flexibility index (Phi) is 5.78. The first kappa shape index (κ1) is 21.0. The molecule has 0 bridgehead atoms. The summed E-state index contributed by atoms with van der Waals surface area (Å²) in [6.07, 6.45) is 6.33. The molecule has 3 heterocycles. The Hall–Kier alpha value is -5.13. The van der Waals surface area contributed by atoms with Gasteiger partial charge >= 0.3 is 0 Å². The summed E-state index contributed by atoms with van der Waals surface area (Å²) in [7, 11) is 1.45. The van der Waals surface area contributed by atoms with Crippen molar-refractivity contribution in [3.05, 3.63) is 71.0 Å². The minimum Gasteiger partial charge on any atom is -0.494 e. The molecule has 0 atom stereocenters. The van der Waals surface area contributed by atoms with Crippen LogP contribution in [-0.4, -0.2) is 51.0 Å². The largest absolute Gasteiger partial charge is 0.494 e. The quantitative estimate of drug-likeness (QED) is 0.276. The number of hydrogen-bond donors (Lipinski definition) is 4. The summed E-state index contributed by atoms with van der Waals surface area (Å²) in [4.78, 5) is 47.9. The van der Waals surface area contributed by atoms with Crippen LogP contribution in [0.5, 0.6) is 5.75 Å². The smallest absolute Gasteiger partial charge is 0.273 e. The summed E-state index contributed by atoms with van der Waals surface area (Å²) < 4.78 is 27.8. The molecule has 3 aromatic heterocycles. The Labute approximate surface area is 221 Å². The van der Waals surface area contributed by atoms with E-state index in [9.17, 15) is 14.4 Å². The monoisotopic (exact) mass is 515 g/mol. The number of rotatable bonds is 8. The molecule has 1 fully saturated rings. The summed E-state index contributed by atoms with van der Waals surface area (Å²) in [5, 5.41) is 15.4. The van der Waals surface area contributed by atoms with Crippen molar-refractivity contribution in [2.75, 3.05) is 24.7 Å². The molecular formula is C26H24N8O4. The van der Waals surface area contributed by atoms with Crippen molar-refractivity contribution in [3.63, 3.8) is 0 Å². The second kappa shape index (κ2) is 10.5. The summed E-state index contributed by atoms with van der Waals surface area (Å²) >= 11 is 0. The number of aromatic nitrogens is 5. The predicted octanol–water partition coefficient (Wildman–Crippen LogP) is 2.75. The van der Waals surface area contributed by atoms with Gasteiger partial charge in [0, 0.05) is 58.9 Å². The van der Waals surface area contributed by atoms with Crippen LogP contribution >= 0.6 is 0 Å². The second-order valence-corrected chi connectivity index (χ2v) is 8.46. The van der Waals surface area contributed by atoms with Crippen LogP contribution in [0.2, 0.25) is 0 Å². The van der Waals surface area contributed by atoms with Crippen LogP contribution in [-0.2, 0) is 4.79 Å². The van der Waals surface area contributed by atoms with E-state index in [-0.39, 0.29) is 34.6 Å². The maximum Gasteiger partial charge on any atom is 0.273 e. The first-order valence-electron chi connectivity index (χ1n) is 13.1. The normalized spacial score (nSPS) is 14.0. The minimum absolute atomic E-state index is 0.0811. The van der Waals surface area contributed by atoms with Crippen LogP contribution in [0.3, 0.4) is 0 Å². The molecule has 1 saturated carbocycles. The Morgan fingerprint density at radius 2 is 1.89 bits per heavy atom. The topological polar surface area (TPSA) is 164 Å². The summed E-state index contributed by atoms with van der Waals surface area (Å²) in [6, 6.07) is 9.59. The molecule has 1 aromatic carbocycles. The summed E-state index contributed by atoms with van der Waals surface area (Å²) in [5.41, 5.74) is 1.87. The maximum absolute atomic E-state index is 12.8. The van der Waals surface area contributed by atoms with Gasteiger partial charge in [0.25, 0.3) is 5.91 Å². The number of carbonyl (C=O) groups is 2. The van der Waals surface area contributed by atoms with E-state index < -0.39 is 12.9 Å². The van der Waals surface area contributed by atoms with Gasteiger partial charge in [-0.1, -0.05) is 6.07 Å². The van der Waals surface area contributed by atoms with Crippen LogP contribution in [0, 0.1) is 5.92 Å². The van der Waals surface area contributed by atoms with E-state index in [0.29, 0.717) is 28.4 Å². The molecule has 0 radical (unpaired) electrons. The zero-order chi connectivity index (χ0) is 29.1. The zero-order valence-corrected chi connectivity index (χ0v) is 20.1. The average molecular weight is 516 g/mol. The number of ether oxygens (including phenoxy) is 1. The van der Waals surface area contributed by atoms with Crippen molar-refractivity contribution >= 4 is 29.0 Å². The van der Waals surface area contributed by atoms with Crippen LogP contribution < -0.4 is 26.2 Å². The molecule has 4 aromatic rings. The molecule has 4 N–H and O–H groups in total. The van der Waals surface area contributed by atoms with Crippen LogP contribution in [0.4, 0.5) is 17.2 Å². The maximum atomic E-state index is 12.8. The van der Waals surface area contributed by atoms with Gasteiger partial charge in [-0.05, 0) is 31.0 Å². The number of anilines is 3. The van der Waals surface area contributed by atoms with Crippen LogP contribution in [0.25, 0.3) is 22.5 Å². The lowest BCUT2D eigenvalue weighted by Crippen LogP contribution is -2.22. The molecule has 1 aliphatic carbocycles. The summed E-state index contributed by atoms with van der Waals surface area (Å²) in [5.74, 6) is -0.551. The third-order valence-electron chi connectivity index (χ3n) is 5.82. The zero-order valence-electron chi connectivity index (χ0n) is 23.1. The van der Waals surface area contributed by atoms with Gasteiger partial charge in [0.15, 0.2) is 23.1 Å². The Morgan fingerprint density at radius 1 is 1.08 bits per heavy atom. The number of aromatic amines is 1. The van der Waals surface area contributed by atoms with Gasteiger partial charge in [-0.3, -0.25) is 14.4 Å². The number of carbonyl (C=O) groups excluding carboxylic acids is 2. The van der Waals surface area contributed by atoms with Gasteiger partial charge in [0.1, 0.15) is 0 Å². The van der Waals surface area contributed by atoms with Gasteiger partial charge in [-0.25, -0.2) is 9.97 Å². The highest BCUT2D eigenvalue weighted by Gasteiger charge is 2.30. The van der Waals surface area contributed by atoms with E-state index >= 15 is 0 Å². The lowest BCUT2D eigenvalue weighted by atomic mass is 10.1. The fraction of sp³-hybridized carbons (Fsp3) is 0.192. The number of para-hydroxylation sites is 1. The van der Waals surface area contributed by atoms with Crippen molar-refractivity contribution in [1.82, 2.24) is 30.5 Å². The molecule has 0 unspecified atom stereocenters. The molecule has 2 amide bonds. The fourth-order valence-corrected chi connectivity index (χ4v) is 3.73. The Bertz CT molecular complexity index is 1650. The molecule has 192 valence electrons. The lowest BCUT2D eigenvalue weighted by molar-refractivity contribution is -0.117. The highest BCUT2D eigenvalue weighted by molar-refractivity contribution is 6.00. The molecular weight excluding hydrogens is 488 g/mol. The number of pyridine rings is 1. The number of benzene rings is 1. The summed E-state index contributed by atoms with van der Waals surface area (Å²) in [6.45, 7) is -2.76. The number of methoxy groups -OCH3 is 1. The van der Waals surface area contributed by atoms with E-state index in [1.54, 1.807) is 42.9 Å². The van der Waals surface area contributed by atoms with E-state index in [2.05, 4.69) is 35.8 Å². The predicted molar refractivity (Wildman–Crippen MR) is 140 cm³/mol. The fourth-order valence-electron chi connectivity index (χ4n) is 3.73. The molecule has 12 nitrogen and oxygen atoms in total. The third kappa shape index (κ3) is 5.19. The highest BCUT2D eigenvalue weighted by atomic mass is 16.5. The van der Waals surface area contributed by atoms with Crippen LogP contribution in [0.15, 0.2) is 59.8 Å². The van der Waals surface area contributed by atoms with Crippen molar-refractivity contribution in [3.8, 4) is 28.3 Å². The molecule has 0 aliphatic heterocycles. The average Bonchev–Trinajstić information content (AvgIpc) is 3.79. The van der Waals surface area contributed by atoms with Crippen molar-refractivity contribution < 1.29 is 18.4 Å². The van der Waals surface area contributed by atoms with E-state index in [4.69, 9.17) is 8.85 Å². The minimum atomic E-state index is -2.76. The van der Waals surface area contributed by atoms with Gasteiger partial charge < -0.3 is 25.7 Å². The number of H-pyrrole nitrogens is 1. The van der Waals surface area contributed by atoms with Crippen LogP contribution in [0.1, 0.15) is 27.4 Å². The number of hydrogen-bond acceptors (Lipinski definition) is 9. The first-order chi connectivity index (χ1) is 19.6. The number of amides is 2. The van der Waals surface area contributed by atoms with Gasteiger partial charge in [0.2, 0.25) is 11.5 Å². The molecule has 5 rings (SSSR count). The number of nitrogens with zero attached hydrogens (tertiary/aromatic N) is 4. The van der Waals surface area contributed by atoms with E-state index in [1.807, 2.05) is 5.32 Å². The van der Waals surface area contributed by atoms with E-state index in [1.165, 1.54) is 19.2 Å². The lowest BCUT2D eigenvalue weighted by Gasteiger charge is -2.16. The second-order valence-electron chi connectivity index (χ2n) is 8.46. The molecule has 0 spiro atoms. The van der Waals surface area contributed by atoms with Gasteiger partial charge in [-0.15, -0.1) is 10.2 Å². The third-order valence-corrected chi connectivity index (χ3v) is 5.82. The molecule has 38 heavy (non-hydrogen) atoms. The van der Waals surface area contributed by atoms with Crippen molar-refractivity contribution in [1.29, 1.82) is 0 Å². The van der Waals surface area contributed by atoms with E-state index in [0.717, 1.165) is 18.4 Å². The molecule has 12 heteroatoms. The Balaban J connectivity index is 1.48. The number of nitrogens with one attached hydrogen (secondary N) is 4. The van der Waals surface area contributed by atoms with Gasteiger partial charge in [0.05, 0.1) is 24.0 Å². The van der Waals surface area contributed by atoms with Crippen molar-refractivity contribution in [2.24, 2.45) is 5.92 Å². The first-order valence-corrected chi connectivity index (χ1v) is 11.6.